The largest absolute Gasteiger partial charge is 0.382 e. The van der Waals surface area contributed by atoms with Crippen LogP contribution >= 0.6 is 0 Å². The Morgan fingerprint density at radius 3 is 2.73 bits per heavy atom. The van der Waals surface area contributed by atoms with E-state index in [1.165, 1.54) is 0 Å². The van der Waals surface area contributed by atoms with Gasteiger partial charge >= 0.3 is 0 Å². The predicted molar refractivity (Wildman–Crippen MR) is 125 cm³/mol. The van der Waals surface area contributed by atoms with Crippen LogP contribution in [0.2, 0.25) is 0 Å². The molecule has 4 heterocycles. The summed E-state index contributed by atoms with van der Waals surface area (Å²) in [5.74, 6) is 1.60. The number of hydrogen-bond acceptors (Lipinski definition) is 6. The van der Waals surface area contributed by atoms with Crippen LogP contribution in [0.4, 0.5) is 11.6 Å². The Bertz CT molecular complexity index is 1300. The number of nitrogens with two attached hydrogens (primary N) is 1. The van der Waals surface area contributed by atoms with Crippen LogP contribution in [0.1, 0.15) is 34.9 Å². The number of amides is 2. The lowest BCUT2D eigenvalue weighted by Gasteiger charge is -2.29. The normalized spacial score (nSPS) is 16.0. The van der Waals surface area contributed by atoms with Gasteiger partial charge in [-0.25, -0.2) is 15.0 Å². The van der Waals surface area contributed by atoms with Gasteiger partial charge in [0.25, 0.3) is 5.91 Å². The summed E-state index contributed by atoms with van der Waals surface area (Å²) in [4.78, 5) is 39.0. The number of carbonyl (C=O) groups is 2. The van der Waals surface area contributed by atoms with Gasteiger partial charge in [-0.1, -0.05) is 18.2 Å². The van der Waals surface area contributed by atoms with Crippen molar-refractivity contribution < 1.29 is 9.59 Å². The number of benzene rings is 1. The van der Waals surface area contributed by atoms with Gasteiger partial charge < -0.3 is 16.0 Å². The Labute approximate surface area is 190 Å². The molecule has 33 heavy (non-hydrogen) atoms. The van der Waals surface area contributed by atoms with Crippen molar-refractivity contribution in [2.45, 2.75) is 18.8 Å². The third kappa shape index (κ3) is 4.00. The van der Waals surface area contributed by atoms with E-state index in [9.17, 15) is 9.59 Å². The van der Waals surface area contributed by atoms with Crippen LogP contribution < -0.4 is 11.1 Å². The maximum Gasteiger partial charge on any atom is 0.256 e. The van der Waals surface area contributed by atoms with Crippen LogP contribution in [0.5, 0.6) is 0 Å². The van der Waals surface area contributed by atoms with Gasteiger partial charge in [-0.3, -0.25) is 14.0 Å². The van der Waals surface area contributed by atoms with Crippen molar-refractivity contribution in [3.63, 3.8) is 0 Å². The molecule has 0 saturated carbocycles. The number of rotatable bonds is 5. The number of hydrogen-bond donors (Lipinski definition) is 2. The molecule has 2 amide bonds. The second-order valence-electron chi connectivity index (χ2n) is 8.04. The summed E-state index contributed by atoms with van der Waals surface area (Å²) < 4.78 is 1.97. The number of nitrogens with zero attached hydrogens (tertiary/aromatic N) is 5. The number of aromatic nitrogens is 4. The SMILES string of the molecule is Nc1nccn2c(C3CCCN(C=O)C3)nc(-c3ccc(C(=O)Nc4ccccn4)cc3)c12. The van der Waals surface area contributed by atoms with Crippen LogP contribution in [-0.2, 0) is 4.79 Å². The van der Waals surface area contributed by atoms with Crippen LogP contribution in [-0.4, -0.2) is 49.7 Å². The van der Waals surface area contributed by atoms with Crippen molar-refractivity contribution in [2.24, 2.45) is 0 Å². The molecule has 3 N–H and O–H groups in total. The molecule has 1 saturated heterocycles. The maximum absolute atomic E-state index is 12.6. The van der Waals surface area contributed by atoms with Gasteiger partial charge in [-0.05, 0) is 37.1 Å². The van der Waals surface area contributed by atoms with E-state index in [0.717, 1.165) is 42.7 Å². The van der Waals surface area contributed by atoms with Gasteiger partial charge in [0.15, 0.2) is 0 Å². The fraction of sp³-hybridized carbons (Fsp3) is 0.208. The Morgan fingerprint density at radius 2 is 1.97 bits per heavy atom. The molecule has 1 aliphatic rings. The van der Waals surface area contributed by atoms with Crippen LogP contribution in [0, 0.1) is 0 Å². The van der Waals surface area contributed by atoms with Gasteiger partial charge in [-0.15, -0.1) is 0 Å². The number of pyridine rings is 1. The van der Waals surface area contributed by atoms with E-state index >= 15 is 0 Å². The molecule has 0 radical (unpaired) electrons. The average molecular weight is 441 g/mol. The van der Waals surface area contributed by atoms with Crippen molar-refractivity contribution in [1.82, 2.24) is 24.3 Å². The zero-order valence-corrected chi connectivity index (χ0v) is 17.9. The van der Waals surface area contributed by atoms with Crippen molar-refractivity contribution in [1.29, 1.82) is 0 Å². The van der Waals surface area contributed by atoms with Gasteiger partial charge in [0.05, 0.1) is 0 Å². The zero-order chi connectivity index (χ0) is 22.8. The molecule has 0 bridgehead atoms. The molecule has 4 aromatic rings. The highest BCUT2D eigenvalue weighted by atomic mass is 16.1. The van der Waals surface area contributed by atoms with Gasteiger partial charge in [0.1, 0.15) is 28.7 Å². The molecule has 1 atom stereocenters. The van der Waals surface area contributed by atoms with Gasteiger partial charge in [0.2, 0.25) is 6.41 Å². The molecule has 166 valence electrons. The number of carbonyl (C=O) groups excluding carboxylic acids is 2. The number of piperidine rings is 1. The lowest BCUT2D eigenvalue weighted by Crippen LogP contribution is -2.33. The van der Waals surface area contributed by atoms with Crippen molar-refractivity contribution >= 4 is 29.5 Å². The highest BCUT2D eigenvalue weighted by molar-refractivity contribution is 6.04. The van der Waals surface area contributed by atoms with Crippen molar-refractivity contribution in [3.05, 3.63) is 72.4 Å². The second kappa shape index (κ2) is 8.70. The minimum atomic E-state index is -0.243. The lowest BCUT2D eigenvalue weighted by atomic mass is 9.98. The molecule has 1 unspecified atom stereocenters. The summed E-state index contributed by atoms with van der Waals surface area (Å²) >= 11 is 0. The molecule has 0 spiro atoms. The summed E-state index contributed by atoms with van der Waals surface area (Å²) in [6.07, 6.45) is 7.90. The van der Waals surface area contributed by atoms with Crippen LogP contribution in [0.3, 0.4) is 0 Å². The molecule has 1 fully saturated rings. The number of likely N-dealkylation sites (tertiary alicyclic amines) is 1. The molecular weight excluding hydrogens is 418 g/mol. The summed E-state index contributed by atoms with van der Waals surface area (Å²) in [6.45, 7) is 1.39. The third-order valence-electron chi connectivity index (χ3n) is 5.90. The Balaban J connectivity index is 1.48. The van der Waals surface area contributed by atoms with Gasteiger partial charge in [-0.2, -0.15) is 0 Å². The molecule has 1 aromatic carbocycles. The first-order chi connectivity index (χ1) is 16.1. The van der Waals surface area contributed by atoms with Crippen LogP contribution in [0.15, 0.2) is 61.1 Å². The Hall–Kier alpha value is -4.27. The van der Waals surface area contributed by atoms with E-state index < -0.39 is 0 Å². The minimum Gasteiger partial charge on any atom is -0.382 e. The van der Waals surface area contributed by atoms with E-state index in [2.05, 4.69) is 15.3 Å². The predicted octanol–water partition coefficient (Wildman–Crippen LogP) is 2.96. The van der Waals surface area contributed by atoms with Gasteiger partial charge in [0, 0.05) is 48.7 Å². The Kier molecular flexibility index (Phi) is 5.43. The van der Waals surface area contributed by atoms with E-state index in [0.29, 0.717) is 29.4 Å². The summed E-state index contributed by atoms with van der Waals surface area (Å²) in [5.41, 5.74) is 9.01. The molecule has 3 aromatic heterocycles. The molecule has 0 aliphatic carbocycles. The highest BCUT2D eigenvalue weighted by Crippen LogP contribution is 2.33. The first-order valence-electron chi connectivity index (χ1n) is 10.8. The van der Waals surface area contributed by atoms with E-state index in [1.807, 2.05) is 28.8 Å². The maximum atomic E-state index is 12.6. The topological polar surface area (TPSA) is 119 Å². The first-order valence-corrected chi connectivity index (χ1v) is 10.8. The number of imidazole rings is 1. The highest BCUT2D eigenvalue weighted by Gasteiger charge is 2.26. The number of fused-ring (bicyclic) bond motifs is 1. The Morgan fingerprint density at radius 1 is 1.12 bits per heavy atom. The summed E-state index contributed by atoms with van der Waals surface area (Å²) in [5, 5.41) is 2.78. The summed E-state index contributed by atoms with van der Waals surface area (Å²) in [7, 11) is 0. The second-order valence-corrected chi connectivity index (χ2v) is 8.04. The lowest BCUT2D eigenvalue weighted by molar-refractivity contribution is -0.119. The van der Waals surface area contributed by atoms with E-state index in [1.54, 1.807) is 41.6 Å². The van der Waals surface area contributed by atoms with Crippen molar-refractivity contribution in [3.8, 4) is 11.3 Å². The van der Waals surface area contributed by atoms with E-state index in [4.69, 9.17) is 10.7 Å². The molecule has 5 rings (SSSR count). The quantitative estimate of drug-likeness (QED) is 0.460. The van der Waals surface area contributed by atoms with E-state index in [-0.39, 0.29) is 11.8 Å². The third-order valence-corrected chi connectivity index (χ3v) is 5.90. The monoisotopic (exact) mass is 441 g/mol. The standard InChI is InChI=1S/C24H23N7O2/c25-22-21-20(16-6-8-17(9-7-16)24(33)28-19-5-1-2-10-26-19)29-23(31(21)13-11-27-22)18-4-3-12-30(14-18)15-32/h1-2,5-11,13,15,18H,3-4,12,14H2,(H2,25,27)(H,26,28,33). The number of anilines is 2. The number of nitrogen functional groups attached to an aromatic ring is 1. The molecule has 9 heteroatoms. The molecule has 1 aliphatic heterocycles. The molecule has 9 nitrogen and oxygen atoms in total. The first kappa shape index (κ1) is 20.6. The fourth-order valence-corrected chi connectivity index (χ4v) is 4.29. The fourth-order valence-electron chi connectivity index (χ4n) is 4.29. The number of nitrogens with one attached hydrogen (secondary N) is 1. The average Bonchev–Trinajstić information content (AvgIpc) is 3.26. The smallest absolute Gasteiger partial charge is 0.256 e. The minimum absolute atomic E-state index is 0.107. The molecular formula is C24H23N7O2. The van der Waals surface area contributed by atoms with Crippen molar-refractivity contribution in [2.75, 3.05) is 24.1 Å². The zero-order valence-electron chi connectivity index (χ0n) is 17.9. The van der Waals surface area contributed by atoms with Crippen LogP contribution in [0.25, 0.3) is 16.8 Å². The summed E-state index contributed by atoms with van der Waals surface area (Å²) in [6, 6.07) is 12.5.